The van der Waals surface area contributed by atoms with E-state index in [0.29, 0.717) is 13.1 Å². The predicted octanol–water partition coefficient (Wildman–Crippen LogP) is 2.78. The third-order valence-corrected chi connectivity index (χ3v) is 6.79. The number of nitrogens with zero attached hydrogens (tertiary/aromatic N) is 2. The first kappa shape index (κ1) is 23.8. The van der Waals surface area contributed by atoms with Crippen molar-refractivity contribution in [1.29, 1.82) is 0 Å². The maximum atomic E-state index is 13.2. The second kappa shape index (κ2) is 9.85. The molecule has 1 saturated heterocycles. The molecule has 1 unspecified atom stereocenters. The van der Waals surface area contributed by atoms with Crippen molar-refractivity contribution in [3.05, 3.63) is 59.7 Å². The van der Waals surface area contributed by atoms with Crippen LogP contribution in [0.15, 0.2) is 48.5 Å². The fourth-order valence-corrected chi connectivity index (χ4v) is 4.82. The summed E-state index contributed by atoms with van der Waals surface area (Å²) in [5, 5.41) is 12.2. The van der Waals surface area contributed by atoms with E-state index in [1.54, 1.807) is 11.9 Å². The van der Waals surface area contributed by atoms with E-state index < -0.39 is 24.1 Å². The zero-order valence-electron chi connectivity index (χ0n) is 19.7. The Morgan fingerprint density at radius 2 is 1.62 bits per heavy atom. The van der Waals surface area contributed by atoms with Crippen molar-refractivity contribution in [3.63, 3.8) is 0 Å². The number of nitrogens with one attached hydrogen (secondary N) is 1. The first-order valence-corrected chi connectivity index (χ1v) is 11.6. The Balaban J connectivity index is 1.41. The summed E-state index contributed by atoms with van der Waals surface area (Å²) >= 11 is 0. The molecule has 2 aliphatic rings. The fraction of sp³-hybridized carbons (Fsp3) is 0.423. The molecule has 1 heterocycles. The number of alkyl carbamates (subject to hydrolysis) is 1. The van der Waals surface area contributed by atoms with Crippen LogP contribution in [0.3, 0.4) is 0 Å². The van der Waals surface area contributed by atoms with Crippen LogP contribution in [0.1, 0.15) is 30.9 Å². The number of hydrogen-bond acceptors (Lipinski definition) is 5. The minimum absolute atomic E-state index is 0.0692. The number of likely N-dealkylation sites (N-methyl/N-ethyl adjacent to an activating group) is 1. The van der Waals surface area contributed by atoms with Gasteiger partial charge in [0.1, 0.15) is 18.7 Å². The lowest BCUT2D eigenvalue weighted by molar-refractivity contribution is -0.148. The van der Waals surface area contributed by atoms with Gasteiger partial charge in [0.15, 0.2) is 0 Å². The van der Waals surface area contributed by atoms with Gasteiger partial charge in [-0.3, -0.25) is 14.5 Å². The number of carbonyl (C=O) groups excluding carboxylic acids is 2. The van der Waals surface area contributed by atoms with Crippen molar-refractivity contribution in [2.24, 2.45) is 5.92 Å². The molecule has 8 heteroatoms. The lowest BCUT2D eigenvalue weighted by atomic mass is 9.98. The zero-order chi connectivity index (χ0) is 24.4. The zero-order valence-corrected chi connectivity index (χ0v) is 19.7. The molecule has 0 bridgehead atoms. The minimum Gasteiger partial charge on any atom is -0.480 e. The van der Waals surface area contributed by atoms with E-state index in [-0.39, 0.29) is 30.9 Å². The lowest BCUT2D eigenvalue weighted by Gasteiger charge is -2.39. The highest BCUT2D eigenvalue weighted by molar-refractivity contribution is 5.87. The van der Waals surface area contributed by atoms with Crippen LogP contribution < -0.4 is 5.32 Å². The Hall–Kier alpha value is -3.39. The SMILES string of the molecule is CC(C)[C@@H](NC(=O)OCC1c2ccccc2-c2ccccc21)C(=O)N1CCN(C)C(C(=O)O)C1. The normalized spacial score (nSPS) is 18.8. The molecule has 4 rings (SSSR count). The monoisotopic (exact) mass is 465 g/mol. The largest absolute Gasteiger partial charge is 0.480 e. The molecular formula is C26H31N3O5. The third-order valence-electron chi connectivity index (χ3n) is 6.79. The molecule has 0 radical (unpaired) electrons. The second-order valence-electron chi connectivity index (χ2n) is 9.31. The van der Waals surface area contributed by atoms with Gasteiger partial charge in [0.05, 0.1) is 0 Å². The summed E-state index contributed by atoms with van der Waals surface area (Å²) in [5.41, 5.74) is 4.52. The van der Waals surface area contributed by atoms with E-state index in [9.17, 15) is 19.5 Å². The van der Waals surface area contributed by atoms with Crippen molar-refractivity contribution in [2.45, 2.75) is 31.8 Å². The summed E-state index contributed by atoms with van der Waals surface area (Å²) in [6.07, 6.45) is -0.655. The summed E-state index contributed by atoms with van der Waals surface area (Å²) in [4.78, 5) is 40.7. The van der Waals surface area contributed by atoms with Gasteiger partial charge in [0.2, 0.25) is 5.91 Å². The van der Waals surface area contributed by atoms with Gasteiger partial charge in [0.25, 0.3) is 0 Å². The lowest BCUT2D eigenvalue weighted by Crippen LogP contribution is -2.60. The van der Waals surface area contributed by atoms with Gasteiger partial charge in [-0.05, 0) is 35.2 Å². The molecule has 0 spiro atoms. The topological polar surface area (TPSA) is 99.2 Å². The van der Waals surface area contributed by atoms with Gasteiger partial charge in [-0.2, -0.15) is 0 Å². The van der Waals surface area contributed by atoms with E-state index in [4.69, 9.17) is 4.74 Å². The Morgan fingerprint density at radius 3 is 2.18 bits per heavy atom. The van der Waals surface area contributed by atoms with Crippen LogP contribution in [0.2, 0.25) is 0 Å². The van der Waals surface area contributed by atoms with Gasteiger partial charge in [0, 0.05) is 25.6 Å². The van der Waals surface area contributed by atoms with Crippen LogP contribution in [0.25, 0.3) is 11.1 Å². The molecule has 2 aromatic carbocycles. The maximum absolute atomic E-state index is 13.2. The number of carboxylic acid groups (broad SMARTS) is 1. The Morgan fingerprint density at radius 1 is 1.03 bits per heavy atom. The molecule has 2 amide bonds. The van der Waals surface area contributed by atoms with Gasteiger partial charge in [-0.25, -0.2) is 4.79 Å². The van der Waals surface area contributed by atoms with E-state index in [1.807, 2.05) is 50.2 Å². The smallest absolute Gasteiger partial charge is 0.407 e. The quantitative estimate of drug-likeness (QED) is 0.681. The molecule has 1 aliphatic carbocycles. The first-order valence-electron chi connectivity index (χ1n) is 11.6. The number of amides is 2. The minimum atomic E-state index is -0.967. The van der Waals surface area contributed by atoms with Crippen LogP contribution in [-0.2, 0) is 14.3 Å². The average Bonchev–Trinajstić information content (AvgIpc) is 3.14. The van der Waals surface area contributed by atoms with E-state index in [0.717, 1.165) is 22.3 Å². The first-order chi connectivity index (χ1) is 16.3. The molecule has 0 aromatic heterocycles. The number of piperazine rings is 1. The van der Waals surface area contributed by atoms with Crippen molar-refractivity contribution >= 4 is 18.0 Å². The molecule has 0 saturated carbocycles. The summed E-state index contributed by atoms with van der Waals surface area (Å²) in [5.74, 6) is -1.51. The molecular weight excluding hydrogens is 434 g/mol. The molecule has 1 aliphatic heterocycles. The Labute approximate surface area is 199 Å². The molecule has 1 fully saturated rings. The number of carbonyl (C=O) groups is 3. The van der Waals surface area contributed by atoms with Crippen LogP contribution in [-0.4, -0.2) is 78.2 Å². The second-order valence-corrected chi connectivity index (χ2v) is 9.31. The Kier molecular flexibility index (Phi) is 6.88. The highest BCUT2D eigenvalue weighted by atomic mass is 16.5. The van der Waals surface area contributed by atoms with Gasteiger partial charge in [-0.15, -0.1) is 0 Å². The number of hydrogen-bond donors (Lipinski definition) is 2. The van der Waals surface area contributed by atoms with Gasteiger partial charge >= 0.3 is 12.1 Å². The maximum Gasteiger partial charge on any atom is 0.407 e. The van der Waals surface area contributed by atoms with Crippen LogP contribution in [0.5, 0.6) is 0 Å². The number of benzene rings is 2. The molecule has 180 valence electrons. The fourth-order valence-electron chi connectivity index (χ4n) is 4.82. The van der Waals surface area contributed by atoms with Crippen molar-refractivity contribution < 1.29 is 24.2 Å². The van der Waals surface area contributed by atoms with Crippen molar-refractivity contribution in [2.75, 3.05) is 33.3 Å². The van der Waals surface area contributed by atoms with Gasteiger partial charge in [-0.1, -0.05) is 62.4 Å². The van der Waals surface area contributed by atoms with Gasteiger partial charge < -0.3 is 20.1 Å². The predicted molar refractivity (Wildman–Crippen MR) is 127 cm³/mol. The summed E-state index contributed by atoms with van der Waals surface area (Å²) < 4.78 is 5.61. The summed E-state index contributed by atoms with van der Waals surface area (Å²) in [6.45, 7) is 4.80. The van der Waals surface area contributed by atoms with Crippen LogP contribution >= 0.6 is 0 Å². The number of ether oxygens (including phenoxy) is 1. The number of carboxylic acids is 1. The standard InChI is InChI=1S/C26H31N3O5/c1-16(2)23(24(30)29-13-12-28(3)22(14-29)25(31)32)27-26(33)34-15-21-19-10-6-4-8-17(19)18-9-5-7-11-20(18)21/h4-11,16,21-23H,12-15H2,1-3H3,(H,27,33)(H,31,32)/t22?,23-/m1/s1. The molecule has 8 nitrogen and oxygen atoms in total. The van der Waals surface area contributed by atoms with E-state index in [2.05, 4.69) is 17.4 Å². The average molecular weight is 466 g/mol. The van der Waals surface area contributed by atoms with Crippen LogP contribution in [0, 0.1) is 5.92 Å². The molecule has 2 N–H and O–H groups in total. The Bertz CT molecular complexity index is 1040. The van der Waals surface area contributed by atoms with E-state index >= 15 is 0 Å². The number of fused-ring (bicyclic) bond motifs is 3. The van der Waals surface area contributed by atoms with Crippen molar-refractivity contribution in [1.82, 2.24) is 15.1 Å². The third kappa shape index (κ3) is 4.63. The highest BCUT2D eigenvalue weighted by Crippen LogP contribution is 2.44. The summed E-state index contributed by atoms with van der Waals surface area (Å²) in [6, 6.07) is 14.6. The van der Waals surface area contributed by atoms with Crippen molar-refractivity contribution in [3.8, 4) is 11.1 Å². The number of aliphatic carboxylic acids is 1. The van der Waals surface area contributed by atoms with Crippen LogP contribution in [0.4, 0.5) is 4.79 Å². The molecule has 2 aromatic rings. The summed E-state index contributed by atoms with van der Waals surface area (Å²) in [7, 11) is 1.73. The van der Waals surface area contributed by atoms with E-state index in [1.165, 1.54) is 4.90 Å². The molecule has 2 atom stereocenters. The number of rotatable bonds is 6. The highest BCUT2D eigenvalue weighted by Gasteiger charge is 2.36. The molecule has 34 heavy (non-hydrogen) atoms.